The molecule has 2 atom stereocenters. The third-order valence-corrected chi connectivity index (χ3v) is 4.43. The van der Waals surface area contributed by atoms with Gasteiger partial charge < -0.3 is 10.6 Å². The average Bonchev–Trinajstić information content (AvgIpc) is 3.12. The second-order valence-electron chi connectivity index (χ2n) is 5.92. The Kier molecular flexibility index (Phi) is 4.19. The lowest BCUT2D eigenvalue weighted by Crippen LogP contribution is -2.26. The number of hydrogen-bond donors (Lipinski definition) is 2. The SMILES string of the molecule is Cl.O=C(NC1CC1c1ccccc1)c1ccc2c(c1)CNC2. The summed E-state index contributed by atoms with van der Waals surface area (Å²) in [5.74, 6) is 0.527. The number of nitrogens with one attached hydrogen (secondary N) is 2. The van der Waals surface area contributed by atoms with Gasteiger partial charge in [0, 0.05) is 30.6 Å². The molecule has 114 valence electrons. The van der Waals surface area contributed by atoms with Crippen LogP contribution in [-0.2, 0) is 13.1 Å². The molecule has 2 aliphatic rings. The number of halogens is 1. The van der Waals surface area contributed by atoms with E-state index in [0.29, 0.717) is 5.92 Å². The van der Waals surface area contributed by atoms with Crippen molar-refractivity contribution in [3.8, 4) is 0 Å². The minimum atomic E-state index is 0. The summed E-state index contributed by atoms with van der Waals surface area (Å²) in [5.41, 5.74) is 4.65. The average molecular weight is 315 g/mol. The van der Waals surface area contributed by atoms with Gasteiger partial charge in [-0.25, -0.2) is 0 Å². The van der Waals surface area contributed by atoms with Gasteiger partial charge in [-0.15, -0.1) is 12.4 Å². The lowest BCUT2D eigenvalue weighted by atomic mass is 10.1. The highest BCUT2D eigenvalue weighted by Gasteiger charge is 2.39. The van der Waals surface area contributed by atoms with Gasteiger partial charge in [-0.1, -0.05) is 36.4 Å². The van der Waals surface area contributed by atoms with Crippen molar-refractivity contribution in [2.75, 3.05) is 0 Å². The number of hydrogen-bond acceptors (Lipinski definition) is 2. The van der Waals surface area contributed by atoms with Crippen molar-refractivity contribution < 1.29 is 4.79 Å². The molecule has 22 heavy (non-hydrogen) atoms. The first-order valence-electron chi connectivity index (χ1n) is 7.49. The summed E-state index contributed by atoms with van der Waals surface area (Å²) < 4.78 is 0. The molecule has 2 N–H and O–H groups in total. The van der Waals surface area contributed by atoms with Crippen LogP contribution in [0.2, 0.25) is 0 Å². The molecular formula is C18H19ClN2O. The largest absolute Gasteiger partial charge is 0.349 e. The van der Waals surface area contributed by atoms with E-state index in [-0.39, 0.29) is 24.4 Å². The quantitative estimate of drug-likeness (QED) is 0.914. The van der Waals surface area contributed by atoms with Crippen molar-refractivity contribution in [1.82, 2.24) is 10.6 Å². The molecule has 1 heterocycles. The van der Waals surface area contributed by atoms with Crippen LogP contribution in [0.1, 0.15) is 39.4 Å². The fraction of sp³-hybridized carbons (Fsp3) is 0.278. The molecule has 0 bridgehead atoms. The zero-order valence-corrected chi connectivity index (χ0v) is 13.0. The van der Waals surface area contributed by atoms with E-state index in [0.717, 1.165) is 25.1 Å². The van der Waals surface area contributed by atoms with E-state index in [1.807, 2.05) is 18.2 Å². The van der Waals surface area contributed by atoms with Crippen LogP contribution in [-0.4, -0.2) is 11.9 Å². The Morgan fingerprint density at radius 2 is 1.82 bits per heavy atom. The van der Waals surface area contributed by atoms with Crippen LogP contribution in [0.3, 0.4) is 0 Å². The Balaban J connectivity index is 0.00000144. The third kappa shape index (κ3) is 2.87. The topological polar surface area (TPSA) is 41.1 Å². The molecule has 2 aromatic rings. The van der Waals surface area contributed by atoms with Gasteiger partial charge in [-0.2, -0.15) is 0 Å². The molecule has 4 rings (SSSR count). The van der Waals surface area contributed by atoms with Gasteiger partial charge in [0.25, 0.3) is 5.91 Å². The number of rotatable bonds is 3. The zero-order valence-electron chi connectivity index (χ0n) is 12.2. The standard InChI is InChI=1S/C18H18N2O.ClH/c21-18(13-6-7-14-10-19-11-15(14)8-13)20-17-9-16(17)12-4-2-1-3-5-12;/h1-8,16-17,19H,9-11H2,(H,20,21);1H. The minimum Gasteiger partial charge on any atom is -0.349 e. The lowest BCUT2D eigenvalue weighted by molar-refractivity contribution is 0.0950. The summed E-state index contributed by atoms with van der Waals surface area (Å²) in [6, 6.07) is 16.7. The summed E-state index contributed by atoms with van der Waals surface area (Å²) >= 11 is 0. The summed E-state index contributed by atoms with van der Waals surface area (Å²) in [5, 5.41) is 6.45. The zero-order chi connectivity index (χ0) is 14.2. The van der Waals surface area contributed by atoms with Gasteiger partial charge >= 0.3 is 0 Å². The fourth-order valence-corrected chi connectivity index (χ4v) is 3.11. The molecule has 1 amide bonds. The van der Waals surface area contributed by atoms with Crippen molar-refractivity contribution in [2.24, 2.45) is 0 Å². The van der Waals surface area contributed by atoms with Crippen molar-refractivity contribution in [2.45, 2.75) is 31.5 Å². The van der Waals surface area contributed by atoms with Crippen molar-refractivity contribution >= 4 is 18.3 Å². The molecule has 0 radical (unpaired) electrons. The second-order valence-corrected chi connectivity index (χ2v) is 5.92. The van der Waals surface area contributed by atoms with E-state index < -0.39 is 0 Å². The Morgan fingerprint density at radius 3 is 2.64 bits per heavy atom. The number of carbonyl (C=O) groups is 1. The highest BCUT2D eigenvalue weighted by atomic mass is 35.5. The molecule has 3 nitrogen and oxygen atoms in total. The maximum absolute atomic E-state index is 12.3. The smallest absolute Gasteiger partial charge is 0.251 e. The van der Waals surface area contributed by atoms with E-state index in [1.165, 1.54) is 16.7 Å². The molecule has 1 fully saturated rings. The van der Waals surface area contributed by atoms with Gasteiger partial charge in [0.1, 0.15) is 0 Å². The van der Waals surface area contributed by atoms with E-state index in [1.54, 1.807) is 0 Å². The number of benzene rings is 2. The monoisotopic (exact) mass is 314 g/mol. The molecule has 1 saturated carbocycles. The van der Waals surface area contributed by atoms with Crippen LogP contribution in [0, 0.1) is 0 Å². The highest BCUT2D eigenvalue weighted by Crippen LogP contribution is 2.40. The maximum Gasteiger partial charge on any atom is 0.251 e. The van der Waals surface area contributed by atoms with Gasteiger partial charge in [-0.3, -0.25) is 4.79 Å². The summed E-state index contributed by atoms with van der Waals surface area (Å²) in [6.45, 7) is 1.78. The highest BCUT2D eigenvalue weighted by molar-refractivity contribution is 5.95. The van der Waals surface area contributed by atoms with Gasteiger partial charge in [-0.05, 0) is 35.2 Å². The van der Waals surface area contributed by atoms with Crippen molar-refractivity contribution in [3.63, 3.8) is 0 Å². The predicted molar refractivity (Wildman–Crippen MR) is 89.3 cm³/mol. The van der Waals surface area contributed by atoms with E-state index in [2.05, 4.69) is 41.0 Å². The first kappa shape index (κ1) is 15.1. The van der Waals surface area contributed by atoms with Crippen LogP contribution in [0.25, 0.3) is 0 Å². The van der Waals surface area contributed by atoms with Crippen molar-refractivity contribution in [3.05, 3.63) is 70.8 Å². The predicted octanol–water partition coefficient (Wildman–Crippen LogP) is 3.00. The Labute approximate surface area is 136 Å². The van der Waals surface area contributed by atoms with Crippen LogP contribution >= 0.6 is 12.4 Å². The van der Waals surface area contributed by atoms with Crippen LogP contribution in [0.4, 0.5) is 0 Å². The number of carbonyl (C=O) groups excluding carboxylic acids is 1. The summed E-state index contributed by atoms with van der Waals surface area (Å²) in [4.78, 5) is 12.3. The van der Waals surface area contributed by atoms with Crippen molar-refractivity contribution in [1.29, 1.82) is 0 Å². The van der Waals surface area contributed by atoms with Gasteiger partial charge in [0.2, 0.25) is 0 Å². The van der Waals surface area contributed by atoms with E-state index in [9.17, 15) is 4.79 Å². The Hall–Kier alpha value is -1.84. The lowest BCUT2D eigenvalue weighted by Gasteiger charge is -2.07. The second kappa shape index (κ2) is 6.11. The summed E-state index contributed by atoms with van der Waals surface area (Å²) in [6.07, 6.45) is 1.04. The van der Waals surface area contributed by atoms with E-state index >= 15 is 0 Å². The normalized spacial score (nSPS) is 21.6. The molecule has 0 aromatic heterocycles. The Morgan fingerprint density at radius 1 is 1.05 bits per heavy atom. The first-order valence-corrected chi connectivity index (χ1v) is 7.49. The Bertz CT molecular complexity index is 687. The van der Waals surface area contributed by atoms with Crippen LogP contribution in [0.15, 0.2) is 48.5 Å². The molecule has 0 saturated heterocycles. The third-order valence-electron chi connectivity index (χ3n) is 4.43. The molecule has 1 aliphatic heterocycles. The van der Waals surface area contributed by atoms with Gasteiger partial charge in [0.15, 0.2) is 0 Å². The van der Waals surface area contributed by atoms with Gasteiger partial charge in [0.05, 0.1) is 0 Å². The fourth-order valence-electron chi connectivity index (χ4n) is 3.11. The summed E-state index contributed by atoms with van der Waals surface area (Å²) in [7, 11) is 0. The van der Waals surface area contributed by atoms with Crippen LogP contribution < -0.4 is 10.6 Å². The molecule has 2 unspecified atom stereocenters. The molecular weight excluding hydrogens is 296 g/mol. The van der Waals surface area contributed by atoms with E-state index in [4.69, 9.17) is 0 Å². The van der Waals surface area contributed by atoms with Crippen LogP contribution in [0.5, 0.6) is 0 Å². The first-order chi connectivity index (χ1) is 10.3. The minimum absolute atomic E-state index is 0. The molecule has 0 spiro atoms. The molecule has 1 aliphatic carbocycles. The molecule has 2 aromatic carbocycles. The number of amides is 1. The number of fused-ring (bicyclic) bond motifs is 1. The molecule has 4 heteroatoms. The maximum atomic E-state index is 12.3.